The molecule has 0 aliphatic carbocycles. The molecule has 0 aliphatic rings. The molecule has 5 heteroatoms. The lowest BCUT2D eigenvalue weighted by molar-refractivity contribution is 0.286. The Morgan fingerprint density at radius 3 is 2.38 bits per heavy atom. The predicted molar refractivity (Wildman–Crippen MR) is 84.5 cm³/mol. The first-order valence-corrected chi connectivity index (χ1v) is 7.33. The Balaban J connectivity index is 2.24. The van der Waals surface area contributed by atoms with Gasteiger partial charge in [0.2, 0.25) is 0 Å². The summed E-state index contributed by atoms with van der Waals surface area (Å²) in [6.07, 6.45) is 0.531. The van der Waals surface area contributed by atoms with E-state index < -0.39 is 5.82 Å². The van der Waals surface area contributed by atoms with Crippen molar-refractivity contribution >= 4 is 23.2 Å². The molecule has 1 unspecified atom stereocenters. The Bertz CT molecular complexity index is 611. The first-order chi connectivity index (χ1) is 9.99. The summed E-state index contributed by atoms with van der Waals surface area (Å²) in [5.41, 5.74) is 7.14. The number of rotatable bonds is 5. The predicted octanol–water partition coefficient (Wildman–Crippen LogP) is 4.60. The number of nitrogens with two attached hydrogens (primary N) is 1. The fourth-order valence-corrected chi connectivity index (χ4v) is 2.54. The van der Waals surface area contributed by atoms with Crippen LogP contribution in [0.25, 0.3) is 0 Å². The van der Waals surface area contributed by atoms with E-state index in [1.807, 2.05) is 6.92 Å². The molecule has 112 valence electrons. The highest BCUT2D eigenvalue weighted by Crippen LogP contribution is 2.29. The Kier molecular flexibility index (Phi) is 5.45. The average molecular weight is 328 g/mol. The van der Waals surface area contributed by atoms with Gasteiger partial charge in [-0.25, -0.2) is 4.39 Å². The van der Waals surface area contributed by atoms with Crippen molar-refractivity contribution in [2.24, 2.45) is 5.73 Å². The maximum absolute atomic E-state index is 14.0. The molecule has 0 aliphatic heterocycles. The van der Waals surface area contributed by atoms with Crippen molar-refractivity contribution in [1.82, 2.24) is 0 Å². The standard InChI is InChI=1S/C16H16Cl2FNO/c1-10(20)8-11-4-2-7-15(19)16(11)21-9-12-13(17)5-3-6-14(12)18/h2-7,10H,8-9,20H2,1H3. The third-order valence-electron chi connectivity index (χ3n) is 3.01. The van der Waals surface area contributed by atoms with Crippen LogP contribution in [-0.2, 0) is 13.0 Å². The molecule has 0 bridgehead atoms. The highest BCUT2D eigenvalue weighted by Gasteiger charge is 2.13. The van der Waals surface area contributed by atoms with Crippen molar-refractivity contribution < 1.29 is 9.13 Å². The second-order valence-corrected chi connectivity index (χ2v) is 5.71. The van der Waals surface area contributed by atoms with Gasteiger partial charge in [0.1, 0.15) is 6.61 Å². The lowest BCUT2D eigenvalue weighted by atomic mass is 10.1. The Morgan fingerprint density at radius 1 is 1.14 bits per heavy atom. The first-order valence-electron chi connectivity index (χ1n) is 6.57. The topological polar surface area (TPSA) is 35.2 Å². The summed E-state index contributed by atoms with van der Waals surface area (Å²) in [7, 11) is 0. The van der Waals surface area contributed by atoms with Crippen LogP contribution < -0.4 is 10.5 Å². The van der Waals surface area contributed by atoms with Gasteiger partial charge in [0.05, 0.1) is 0 Å². The molecule has 0 fully saturated rings. The molecule has 2 N–H and O–H groups in total. The summed E-state index contributed by atoms with van der Waals surface area (Å²) in [6.45, 7) is 1.96. The zero-order valence-electron chi connectivity index (χ0n) is 11.6. The van der Waals surface area contributed by atoms with Gasteiger partial charge >= 0.3 is 0 Å². The Hall–Kier alpha value is -1.29. The monoisotopic (exact) mass is 327 g/mol. The van der Waals surface area contributed by atoms with Crippen molar-refractivity contribution in [1.29, 1.82) is 0 Å². The molecule has 0 radical (unpaired) electrons. The fraction of sp³-hybridized carbons (Fsp3) is 0.250. The summed E-state index contributed by atoms with van der Waals surface area (Å²) in [4.78, 5) is 0. The molecule has 2 aromatic carbocycles. The third kappa shape index (κ3) is 4.10. The SMILES string of the molecule is CC(N)Cc1cccc(F)c1OCc1c(Cl)cccc1Cl. The maximum atomic E-state index is 14.0. The van der Waals surface area contributed by atoms with Crippen LogP contribution in [0.2, 0.25) is 10.0 Å². The number of hydrogen-bond donors (Lipinski definition) is 1. The number of ether oxygens (including phenoxy) is 1. The summed E-state index contributed by atoms with van der Waals surface area (Å²) in [5.74, 6) is -0.220. The molecule has 0 heterocycles. The molecule has 0 saturated heterocycles. The quantitative estimate of drug-likeness (QED) is 0.870. The summed E-state index contributed by atoms with van der Waals surface area (Å²) < 4.78 is 19.6. The summed E-state index contributed by atoms with van der Waals surface area (Å²) >= 11 is 12.2. The molecule has 2 aromatic rings. The van der Waals surface area contributed by atoms with Gasteiger partial charge in [-0.15, -0.1) is 0 Å². The van der Waals surface area contributed by atoms with Crippen molar-refractivity contribution in [2.75, 3.05) is 0 Å². The molecule has 0 spiro atoms. The average Bonchev–Trinajstić information content (AvgIpc) is 2.40. The summed E-state index contributed by atoms with van der Waals surface area (Å²) in [5, 5.41) is 0.986. The zero-order valence-corrected chi connectivity index (χ0v) is 13.1. The van der Waals surface area contributed by atoms with E-state index in [9.17, 15) is 4.39 Å². The van der Waals surface area contributed by atoms with E-state index in [0.717, 1.165) is 5.56 Å². The molecule has 0 aromatic heterocycles. The minimum absolute atomic E-state index is 0.0851. The van der Waals surface area contributed by atoms with Gasteiger partial charge in [-0.2, -0.15) is 0 Å². The van der Waals surface area contributed by atoms with E-state index in [1.165, 1.54) is 6.07 Å². The van der Waals surface area contributed by atoms with Gasteiger partial charge in [-0.1, -0.05) is 41.4 Å². The maximum Gasteiger partial charge on any atom is 0.165 e. The third-order valence-corrected chi connectivity index (χ3v) is 3.72. The number of hydrogen-bond acceptors (Lipinski definition) is 2. The van der Waals surface area contributed by atoms with Crippen molar-refractivity contribution in [2.45, 2.75) is 26.0 Å². The van der Waals surface area contributed by atoms with Crippen molar-refractivity contribution in [3.63, 3.8) is 0 Å². The lowest BCUT2D eigenvalue weighted by Gasteiger charge is -2.15. The van der Waals surface area contributed by atoms with Crippen molar-refractivity contribution in [3.05, 3.63) is 63.4 Å². The molecular formula is C16H16Cl2FNO. The van der Waals surface area contributed by atoms with Crippen LogP contribution in [0.4, 0.5) is 4.39 Å². The normalized spacial score (nSPS) is 12.2. The van der Waals surface area contributed by atoms with Crippen LogP contribution >= 0.6 is 23.2 Å². The molecule has 2 rings (SSSR count). The van der Waals surface area contributed by atoms with E-state index in [-0.39, 0.29) is 18.4 Å². The molecule has 0 amide bonds. The van der Waals surface area contributed by atoms with Crippen LogP contribution in [0, 0.1) is 5.82 Å². The van der Waals surface area contributed by atoms with Gasteiger partial charge in [-0.05, 0) is 37.1 Å². The smallest absolute Gasteiger partial charge is 0.165 e. The highest BCUT2D eigenvalue weighted by atomic mass is 35.5. The Morgan fingerprint density at radius 2 is 1.76 bits per heavy atom. The zero-order chi connectivity index (χ0) is 15.4. The van der Waals surface area contributed by atoms with E-state index >= 15 is 0 Å². The second-order valence-electron chi connectivity index (χ2n) is 4.90. The van der Waals surface area contributed by atoms with Crippen LogP contribution in [0.3, 0.4) is 0 Å². The van der Waals surface area contributed by atoms with E-state index in [1.54, 1.807) is 30.3 Å². The number of benzene rings is 2. The van der Waals surface area contributed by atoms with Crippen LogP contribution in [0.15, 0.2) is 36.4 Å². The largest absolute Gasteiger partial charge is 0.485 e. The highest BCUT2D eigenvalue weighted by molar-refractivity contribution is 6.35. The van der Waals surface area contributed by atoms with Gasteiger partial charge in [0.15, 0.2) is 11.6 Å². The first kappa shape index (κ1) is 16.1. The van der Waals surface area contributed by atoms with Crippen LogP contribution in [0.5, 0.6) is 5.75 Å². The number of para-hydroxylation sites is 1. The van der Waals surface area contributed by atoms with Crippen LogP contribution in [0.1, 0.15) is 18.1 Å². The van der Waals surface area contributed by atoms with Gasteiger partial charge in [-0.3, -0.25) is 0 Å². The van der Waals surface area contributed by atoms with Gasteiger partial charge < -0.3 is 10.5 Å². The van der Waals surface area contributed by atoms with Gasteiger partial charge in [0.25, 0.3) is 0 Å². The minimum Gasteiger partial charge on any atom is -0.485 e. The Labute approximate surface area is 133 Å². The minimum atomic E-state index is -0.420. The molecule has 1 atom stereocenters. The van der Waals surface area contributed by atoms with Crippen molar-refractivity contribution in [3.8, 4) is 5.75 Å². The molecular weight excluding hydrogens is 312 g/mol. The summed E-state index contributed by atoms with van der Waals surface area (Å²) in [6, 6.07) is 9.90. The van der Waals surface area contributed by atoms with Crippen LogP contribution in [-0.4, -0.2) is 6.04 Å². The molecule has 2 nitrogen and oxygen atoms in total. The lowest BCUT2D eigenvalue weighted by Crippen LogP contribution is -2.18. The fourth-order valence-electron chi connectivity index (χ4n) is 2.04. The van der Waals surface area contributed by atoms with E-state index in [0.29, 0.717) is 22.0 Å². The molecule has 21 heavy (non-hydrogen) atoms. The molecule has 0 saturated carbocycles. The second kappa shape index (κ2) is 7.12. The van der Waals surface area contributed by atoms with Gasteiger partial charge in [0, 0.05) is 21.7 Å². The van der Waals surface area contributed by atoms with E-state index in [2.05, 4.69) is 0 Å². The number of halogens is 3. The van der Waals surface area contributed by atoms with E-state index in [4.69, 9.17) is 33.7 Å².